The van der Waals surface area contributed by atoms with Gasteiger partial charge in [-0.2, -0.15) is 13.2 Å². The average molecular weight is 505 g/mol. The van der Waals surface area contributed by atoms with Crippen LogP contribution in [0.2, 0.25) is 0 Å². The number of ether oxygens (including phenoxy) is 2. The Hall–Kier alpha value is -3.00. The molecule has 0 spiro atoms. The molecule has 3 aromatic carbocycles. The molecule has 1 aliphatic rings. The van der Waals surface area contributed by atoms with E-state index in [1.807, 2.05) is 24.3 Å². The highest BCUT2D eigenvalue weighted by Gasteiger charge is 2.33. The van der Waals surface area contributed by atoms with Crippen LogP contribution in [0.25, 0.3) is 0 Å². The molecule has 0 radical (unpaired) electrons. The zero-order valence-electron chi connectivity index (χ0n) is 19.1. The van der Waals surface area contributed by atoms with Gasteiger partial charge in [0, 0.05) is 16.2 Å². The number of benzene rings is 3. The van der Waals surface area contributed by atoms with Crippen molar-refractivity contribution in [3.8, 4) is 11.5 Å². The first-order chi connectivity index (χ1) is 16.7. The number of carbonyl (C=O) groups is 1. The summed E-state index contributed by atoms with van der Waals surface area (Å²) in [5.74, 6) is 0.988. The second-order valence-corrected chi connectivity index (χ2v) is 9.40. The molecule has 1 aliphatic carbocycles. The molecule has 0 N–H and O–H groups in total. The van der Waals surface area contributed by atoms with Gasteiger partial charge in [-0.25, -0.2) is 4.39 Å². The number of alkyl halides is 3. The van der Waals surface area contributed by atoms with E-state index in [-0.39, 0.29) is 24.6 Å². The standard InChI is InChI=1S/C27H24F4O3S/c1-17(32)14-34-25-11-12-26(23-4-2-3-22(23)25)35-16-18-5-9-21(10-6-18)33-15-19-7-8-20(28)13-24(19)27(29,30)31/h5-13H,2-4,14-16H2,1H3. The monoisotopic (exact) mass is 504 g/mol. The third-order valence-corrected chi connectivity index (χ3v) is 6.89. The highest BCUT2D eigenvalue weighted by molar-refractivity contribution is 7.98. The minimum Gasteiger partial charge on any atom is -0.489 e. The SMILES string of the molecule is CC(=O)COc1ccc(SCc2ccc(OCc3ccc(F)cc3C(F)(F)F)cc2)c2c1CCC2. The van der Waals surface area contributed by atoms with Gasteiger partial charge < -0.3 is 9.47 Å². The zero-order chi connectivity index (χ0) is 25.0. The van der Waals surface area contributed by atoms with Crippen LogP contribution in [-0.2, 0) is 36.2 Å². The lowest BCUT2D eigenvalue weighted by Crippen LogP contribution is -2.11. The van der Waals surface area contributed by atoms with Gasteiger partial charge in [-0.05, 0) is 79.3 Å². The molecule has 3 nitrogen and oxygen atoms in total. The van der Waals surface area contributed by atoms with Crippen molar-refractivity contribution >= 4 is 17.5 Å². The largest absolute Gasteiger partial charge is 0.489 e. The third-order valence-electron chi connectivity index (χ3n) is 5.72. The number of hydrogen-bond donors (Lipinski definition) is 0. The van der Waals surface area contributed by atoms with Crippen LogP contribution in [0.1, 0.15) is 41.2 Å². The van der Waals surface area contributed by atoms with Crippen molar-refractivity contribution in [2.45, 2.75) is 49.6 Å². The number of carbonyl (C=O) groups excluding carboxylic acids is 1. The Balaban J connectivity index is 1.37. The molecule has 0 saturated carbocycles. The van der Waals surface area contributed by atoms with Crippen molar-refractivity contribution in [1.29, 1.82) is 0 Å². The van der Waals surface area contributed by atoms with Crippen LogP contribution < -0.4 is 9.47 Å². The predicted octanol–water partition coefficient (Wildman–Crippen LogP) is 7.17. The molecule has 35 heavy (non-hydrogen) atoms. The normalized spacial score (nSPS) is 12.9. The topological polar surface area (TPSA) is 35.5 Å². The molecule has 4 rings (SSSR count). The summed E-state index contributed by atoms with van der Waals surface area (Å²) in [7, 11) is 0. The first-order valence-corrected chi connectivity index (χ1v) is 12.2. The van der Waals surface area contributed by atoms with E-state index in [0.29, 0.717) is 11.8 Å². The fraction of sp³-hybridized carbons (Fsp3) is 0.296. The molecule has 0 atom stereocenters. The average Bonchev–Trinajstić information content (AvgIpc) is 3.31. The van der Waals surface area contributed by atoms with E-state index in [1.54, 1.807) is 23.9 Å². The van der Waals surface area contributed by atoms with E-state index in [1.165, 1.54) is 22.9 Å². The molecule has 0 saturated heterocycles. The van der Waals surface area contributed by atoms with Crippen molar-refractivity contribution in [1.82, 2.24) is 0 Å². The lowest BCUT2D eigenvalue weighted by Gasteiger charge is -2.14. The second kappa shape index (κ2) is 10.7. The fourth-order valence-corrected chi connectivity index (χ4v) is 5.11. The minimum absolute atomic E-state index is 0.0129. The molecule has 3 aromatic rings. The minimum atomic E-state index is -4.65. The second-order valence-electron chi connectivity index (χ2n) is 8.38. The van der Waals surface area contributed by atoms with Crippen LogP contribution in [0.4, 0.5) is 17.6 Å². The number of Topliss-reactive ketones (excluding diaryl/α,β-unsaturated/α-hetero) is 1. The molecule has 0 unspecified atom stereocenters. The maximum Gasteiger partial charge on any atom is 0.416 e. The molecule has 0 heterocycles. The summed E-state index contributed by atoms with van der Waals surface area (Å²) in [5, 5.41) is 0. The van der Waals surface area contributed by atoms with Gasteiger partial charge in [0.15, 0.2) is 5.78 Å². The van der Waals surface area contributed by atoms with Gasteiger partial charge in [0.1, 0.15) is 30.5 Å². The van der Waals surface area contributed by atoms with E-state index >= 15 is 0 Å². The summed E-state index contributed by atoms with van der Waals surface area (Å²) in [6, 6.07) is 13.7. The van der Waals surface area contributed by atoms with E-state index < -0.39 is 17.6 Å². The Bertz CT molecular complexity index is 1210. The van der Waals surface area contributed by atoms with Gasteiger partial charge in [-0.3, -0.25) is 4.79 Å². The summed E-state index contributed by atoms with van der Waals surface area (Å²) in [4.78, 5) is 12.4. The first kappa shape index (κ1) is 25.1. The Labute approximate surface area is 205 Å². The summed E-state index contributed by atoms with van der Waals surface area (Å²) < 4.78 is 64.0. The molecule has 0 aromatic heterocycles. The van der Waals surface area contributed by atoms with Crippen LogP contribution in [-0.4, -0.2) is 12.4 Å². The van der Waals surface area contributed by atoms with Crippen molar-refractivity contribution in [2.75, 3.05) is 6.61 Å². The quantitative estimate of drug-likeness (QED) is 0.229. The van der Waals surface area contributed by atoms with Crippen LogP contribution in [0.3, 0.4) is 0 Å². The Kier molecular flexibility index (Phi) is 7.69. The van der Waals surface area contributed by atoms with Crippen molar-refractivity contribution in [3.63, 3.8) is 0 Å². The van der Waals surface area contributed by atoms with Gasteiger partial charge >= 0.3 is 6.18 Å². The van der Waals surface area contributed by atoms with Crippen LogP contribution in [0, 0.1) is 5.82 Å². The van der Waals surface area contributed by atoms with Gasteiger partial charge in [-0.1, -0.05) is 18.2 Å². The summed E-state index contributed by atoms with van der Waals surface area (Å²) in [5.41, 5.74) is 2.34. The summed E-state index contributed by atoms with van der Waals surface area (Å²) in [6.45, 7) is 1.27. The Morgan fingerprint density at radius 2 is 1.71 bits per heavy atom. The molecule has 0 fully saturated rings. The Morgan fingerprint density at radius 3 is 2.43 bits per heavy atom. The fourth-order valence-electron chi connectivity index (χ4n) is 4.03. The molecule has 8 heteroatoms. The van der Waals surface area contributed by atoms with Gasteiger partial charge in [0.25, 0.3) is 0 Å². The molecule has 0 amide bonds. The third kappa shape index (κ3) is 6.36. The smallest absolute Gasteiger partial charge is 0.416 e. The van der Waals surface area contributed by atoms with E-state index in [2.05, 4.69) is 0 Å². The number of halogens is 4. The molecular weight excluding hydrogens is 480 g/mol. The zero-order valence-corrected chi connectivity index (χ0v) is 19.9. The maximum atomic E-state index is 13.3. The molecule has 184 valence electrons. The van der Waals surface area contributed by atoms with Gasteiger partial charge in [0.2, 0.25) is 0 Å². The number of thioether (sulfide) groups is 1. The highest BCUT2D eigenvalue weighted by atomic mass is 32.2. The van der Waals surface area contributed by atoms with E-state index in [4.69, 9.17) is 9.47 Å². The van der Waals surface area contributed by atoms with Crippen LogP contribution in [0.15, 0.2) is 59.5 Å². The Morgan fingerprint density at radius 1 is 0.971 bits per heavy atom. The lowest BCUT2D eigenvalue weighted by atomic mass is 10.1. The molecular formula is C27H24F4O3S. The van der Waals surface area contributed by atoms with Crippen molar-refractivity contribution < 1.29 is 31.8 Å². The summed E-state index contributed by atoms with van der Waals surface area (Å²) >= 11 is 1.71. The highest BCUT2D eigenvalue weighted by Crippen LogP contribution is 2.39. The number of ketones is 1. The predicted molar refractivity (Wildman–Crippen MR) is 126 cm³/mol. The summed E-state index contributed by atoms with van der Waals surface area (Å²) in [6.07, 6.45) is -1.68. The number of rotatable bonds is 9. The first-order valence-electron chi connectivity index (χ1n) is 11.2. The lowest BCUT2D eigenvalue weighted by molar-refractivity contribution is -0.138. The number of fused-ring (bicyclic) bond motifs is 1. The maximum absolute atomic E-state index is 13.3. The number of hydrogen-bond acceptors (Lipinski definition) is 4. The molecule has 0 aliphatic heterocycles. The van der Waals surface area contributed by atoms with E-state index in [0.717, 1.165) is 48.5 Å². The van der Waals surface area contributed by atoms with Crippen LogP contribution >= 0.6 is 11.8 Å². The van der Waals surface area contributed by atoms with E-state index in [9.17, 15) is 22.4 Å². The van der Waals surface area contributed by atoms with Crippen molar-refractivity contribution in [3.05, 3.63) is 88.2 Å². The van der Waals surface area contributed by atoms with Crippen molar-refractivity contribution in [2.24, 2.45) is 0 Å². The van der Waals surface area contributed by atoms with Crippen LogP contribution in [0.5, 0.6) is 11.5 Å². The van der Waals surface area contributed by atoms with Gasteiger partial charge in [-0.15, -0.1) is 11.8 Å². The molecule has 0 bridgehead atoms. The van der Waals surface area contributed by atoms with Gasteiger partial charge in [0.05, 0.1) is 5.56 Å².